The van der Waals surface area contributed by atoms with Crippen molar-refractivity contribution in [2.75, 3.05) is 31.1 Å². The van der Waals surface area contributed by atoms with Gasteiger partial charge in [0.1, 0.15) is 0 Å². The highest BCUT2D eigenvalue weighted by molar-refractivity contribution is 7.14. The second kappa shape index (κ2) is 7.84. The van der Waals surface area contributed by atoms with Gasteiger partial charge in [-0.05, 0) is 6.92 Å². The van der Waals surface area contributed by atoms with Gasteiger partial charge in [0.2, 0.25) is 0 Å². The van der Waals surface area contributed by atoms with Crippen LogP contribution in [0, 0.1) is 6.92 Å². The van der Waals surface area contributed by atoms with Crippen LogP contribution in [0.3, 0.4) is 0 Å². The number of aromatic nitrogens is 1. The highest BCUT2D eigenvalue weighted by Crippen LogP contribution is 2.27. The first-order valence-corrected chi connectivity index (χ1v) is 7.19. The predicted octanol–water partition coefficient (Wildman–Crippen LogP) is 3.37. The van der Waals surface area contributed by atoms with Crippen LogP contribution in [0.25, 0.3) is 11.3 Å². The summed E-state index contributed by atoms with van der Waals surface area (Å²) in [6.07, 6.45) is 0. The number of nitrogens with one attached hydrogen (secondary N) is 1. The quantitative estimate of drug-likeness (QED) is 0.914. The number of rotatable bonds is 2. The van der Waals surface area contributed by atoms with Crippen molar-refractivity contribution in [2.45, 2.75) is 6.92 Å². The maximum atomic E-state index is 4.75. The molecule has 1 aliphatic rings. The minimum Gasteiger partial charge on any atom is -0.346 e. The molecule has 0 unspecified atom stereocenters. The lowest BCUT2D eigenvalue weighted by Crippen LogP contribution is -2.43. The first kappa shape index (κ1) is 17.2. The molecule has 6 heteroatoms. The van der Waals surface area contributed by atoms with Gasteiger partial charge in [0, 0.05) is 37.1 Å². The van der Waals surface area contributed by atoms with E-state index in [0.29, 0.717) is 0 Å². The topological polar surface area (TPSA) is 28.2 Å². The fraction of sp³-hybridized carbons (Fsp3) is 0.357. The molecule has 0 radical (unpaired) electrons. The number of nitrogens with zero attached hydrogens (tertiary/aromatic N) is 2. The Kier molecular flexibility index (Phi) is 6.76. The van der Waals surface area contributed by atoms with Crippen molar-refractivity contribution in [3.63, 3.8) is 0 Å². The SMILES string of the molecule is Cc1ccc(-c2csc(N3CCNCC3)n2)cc1.Cl.Cl. The zero-order valence-electron chi connectivity index (χ0n) is 11.3. The van der Waals surface area contributed by atoms with E-state index in [0.717, 1.165) is 37.0 Å². The van der Waals surface area contributed by atoms with Crippen LogP contribution >= 0.6 is 36.2 Å². The molecule has 1 N–H and O–H groups in total. The van der Waals surface area contributed by atoms with E-state index in [1.807, 2.05) is 0 Å². The molecule has 2 heterocycles. The van der Waals surface area contributed by atoms with E-state index in [1.54, 1.807) is 11.3 Å². The summed E-state index contributed by atoms with van der Waals surface area (Å²) in [7, 11) is 0. The Morgan fingerprint density at radius 3 is 2.40 bits per heavy atom. The minimum absolute atomic E-state index is 0. The van der Waals surface area contributed by atoms with E-state index in [4.69, 9.17) is 4.98 Å². The summed E-state index contributed by atoms with van der Waals surface area (Å²) in [5.41, 5.74) is 3.59. The zero-order valence-corrected chi connectivity index (χ0v) is 13.8. The molecule has 0 spiro atoms. The van der Waals surface area contributed by atoms with E-state index in [1.165, 1.54) is 11.1 Å². The van der Waals surface area contributed by atoms with Crippen LogP contribution in [0.4, 0.5) is 5.13 Å². The third kappa shape index (κ3) is 3.85. The van der Waals surface area contributed by atoms with Crippen molar-refractivity contribution in [1.82, 2.24) is 10.3 Å². The number of anilines is 1. The van der Waals surface area contributed by atoms with Gasteiger partial charge in [-0.1, -0.05) is 29.8 Å². The Hall–Kier alpha value is -0.810. The van der Waals surface area contributed by atoms with Crippen molar-refractivity contribution >= 4 is 41.3 Å². The molecule has 110 valence electrons. The van der Waals surface area contributed by atoms with E-state index < -0.39 is 0 Å². The van der Waals surface area contributed by atoms with E-state index >= 15 is 0 Å². The maximum Gasteiger partial charge on any atom is 0.185 e. The van der Waals surface area contributed by atoms with Gasteiger partial charge in [-0.15, -0.1) is 36.2 Å². The minimum atomic E-state index is 0. The smallest absolute Gasteiger partial charge is 0.185 e. The third-order valence-corrected chi connectivity index (χ3v) is 4.13. The third-order valence-electron chi connectivity index (χ3n) is 3.23. The standard InChI is InChI=1S/C14H17N3S.2ClH/c1-11-2-4-12(5-3-11)13-10-18-14(16-13)17-8-6-15-7-9-17;;/h2-5,10,15H,6-9H2,1H3;2*1H. The number of halogens is 2. The average Bonchev–Trinajstić information content (AvgIpc) is 2.90. The van der Waals surface area contributed by atoms with Gasteiger partial charge in [-0.3, -0.25) is 0 Å². The Balaban J connectivity index is 0.000001000. The lowest BCUT2D eigenvalue weighted by Gasteiger charge is -2.26. The lowest BCUT2D eigenvalue weighted by atomic mass is 10.1. The summed E-state index contributed by atoms with van der Waals surface area (Å²) in [6, 6.07) is 8.57. The van der Waals surface area contributed by atoms with Gasteiger partial charge in [0.05, 0.1) is 5.69 Å². The van der Waals surface area contributed by atoms with Crippen LogP contribution in [0.15, 0.2) is 29.6 Å². The summed E-state index contributed by atoms with van der Waals surface area (Å²) in [5.74, 6) is 0. The van der Waals surface area contributed by atoms with Crippen molar-refractivity contribution in [3.8, 4) is 11.3 Å². The predicted molar refractivity (Wildman–Crippen MR) is 91.9 cm³/mol. The second-order valence-electron chi connectivity index (χ2n) is 4.62. The molecule has 0 saturated carbocycles. The molecule has 0 bridgehead atoms. The summed E-state index contributed by atoms with van der Waals surface area (Å²) in [4.78, 5) is 7.11. The Labute approximate surface area is 136 Å². The fourth-order valence-corrected chi connectivity index (χ4v) is 3.01. The van der Waals surface area contributed by atoms with Gasteiger partial charge in [-0.25, -0.2) is 4.98 Å². The van der Waals surface area contributed by atoms with Crippen LogP contribution in [-0.2, 0) is 0 Å². The molecule has 1 saturated heterocycles. The molecule has 3 nitrogen and oxygen atoms in total. The molecule has 1 aromatic carbocycles. The average molecular weight is 332 g/mol. The molecule has 0 aliphatic carbocycles. The van der Waals surface area contributed by atoms with Crippen LogP contribution in [0.5, 0.6) is 0 Å². The fourth-order valence-electron chi connectivity index (χ4n) is 2.12. The monoisotopic (exact) mass is 331 g/mol. The van der Waals surface area contributed by atoms with Crippen LogP contribution in [0.1, 0.15) is 5.56 Å². The first-order valence-electron chi connectivity index (χ1n) is 6.31. The van der Waals surface area contributed by atoms with Crippen LogP contribution in [0.2, 0.25) is 0 Å². The number of piperazine rings is 1. The van der Waals surface area contributed by atoms with Gasteiger partial charge in [-0.2, -0.15) is 0 Å². The molecular formula is C14H19Cl2N3S. The molecule has 20 heavy (non-hydrogen) atoms. The molecule has 2 aromatic rings. The van der Waals surface area contributed by atoms with Crippen molar-refractivity contribution in [1.29, 1.82) is 0 Å². The summed E-state index contributed by atoms with van der Waals surface area (Å²) < 4.78 is 0. The molecule has 1 fully saturated rings. The first-order chi connectivity index (χ1) is 8.83. The summed E-state index contributed by atoms with van der Waals surface area (Å²) >= 11 is 1.74. The summed E-state index contributed by atoms with van der Waals surface area (Å²) in [5, 5.41) is 6.66. The highest BCUT2D eigenvalue weighted by atomic mass is 35.5. The molecule has 1 aliphatic heterocycles. The molecule has 1 aromatic heterocycles. The number of hydrogen-bond donors (Lipinski definition) is 1. The number of benzene rings is 1. The second-order valence-corrected chi connectivity index (χ2v) is 5.45. The van der Waals surface area contributed by atoms with E-state index in [-0.39, 0.29) is 24.8 Å². The number of aryl methyl sites for hydroxylation is 1. The lowest BCUT2D eigenvalue weighted by molar-refractivity contribution is 0.588. The maximum absolute atomic E-state index is 4.75. The molecule has 0 amide bonds. The normalized spacial score (nSPS) is 14.3. The largest absolute Gasteiger partial charge is 0.346 e. The zero-order chi connectivity index (χ0) is 12.4. The number of hydrogen-bond acceptors (Lipinski definition) is 4. The summed E-state index contributed by atoms with van der Waals surface area (Å²) in [6.45, 7) is 6.33. The highest BCUT2D eigenvalue weighted by Gasteiger charge is 2.14. The Morgan fingerprint density at radius 1 is 1.10 bits per heavy atom. The van der Waals surface area contributed by atoms with E-state index in [2.05, 4.69) is 46.8 Å². The van der Waals surface area contributed by atoms with Gasteiger partial charge < -0.3 is 10.2 Å². The van der Waals surface area contributed by atoms with Crippen LogP contribution in [-0.4, -0.2) is 31.2 Å². The van der Waals surface area contributed by atoms with Crippen molar-refractivity contribution in [2.24, 2.45) is 0 Å². The number of thiazole rings is 1. The van der Waals surface area contributed by atoms with E-state index in [9.17, 15) is 0 Å². The Morgan fingerprint density at radius 2 is 1.75 bits per heavy atom. The molecule has 3 rings (SSSR count). The van der Waals surface area contributed by atoms with Gasteiger partial charge in [0.15, 0.2) is 5.13 Å². The molecule has 0 atom stereocenters. The van der Waals surface area contributed by atoms with Crippen molar-refractivity contribution < 1.29 is 0 Å². The van der Waals surface area contributed by atoms with Crippen LogP contribution < -0.4 is 10.2 Å². The Bertz CT molecular complexity index is 521. The van der Waals surface area contributed by atoms with Crippen molar-refractivity contribution in [3.05, 3.63) is 35.2 Å². The molecular weight excluding hydrogens is 313 g/mol. The van der Waals surface area contributed by atoms with Gasteiger partial charge in [0.25, 0.3) is 0 Å². The van der Waals surface area contributed by atoms with Gasteiger partial charge >= 0.3 is 0 Å².